The summed E-state index contributed by atoms with van der Waals surface area (Å²) in [6.07, 6.45) is -1.06. The number of hydrogen-bond acceptors (Lipinski definition) is 8. The monoisotopic (exact) mass is 422 g/mol. The number of amides is 1. The highest BCUT2D eigenvalue weighted by Crippen LogP contribution is 2.31. The van der Waals surface area contributed by atoms with Crippen LogP contribution in [-0.4, -0.2) is 47.3 Å². The van der Waals surface area contributed by atoms with Gasteiger partial charge in [-0.05, 0) is 52.7 Å². The highest BCUT2D eigenvalue weighted by Gasteiger charge is 2.42. The van der Waals surface area contributed by atoms with E-state index < -0.39 is 46.6 Å². The van der Waals surface area contributed by atoms with Gasteiger partial charge in [0.1, 0.15) is 11.7 Å². The van der Waals surface area contributed by atoms with Gasteiger partial charge in [-0.1, -0.05) is 0 Å². The van der Waals surface area contributed by atoms with Crippen LogP contribution in [0.2, 0.25) is 0 Å². The molecule has 164 valence electrons. The topological polar surface area (TPSA) is 134 Å². The molecule has 1 aromatic carbocycles. The number of carbonyl (C=O) groups is 3. The number of rotatable bonds is 6. The first kappa shape index (κ1) is 23.1. The average Bonchev–Trinajstić information content (AvgIpc) is 3.02. The largest absolute Gasteiger partial charge is 0.466 e. The number of hydrogen-bond donors (Lipinski definition) is 1. The van der Waals surface area contributed by atoms with E-state index in [4.69, 9.17) is 14.2 Å². The molecule has 0 radical (unpaired) electrons. The summed E-state index contributed by atoms with van der Waals surface area (Å²) in [5.41, 5.74) is -0.746. The Hall–Kier alpha value is -3.17. The number of nitrogens with zero attached hydrogens (tertiary/aromatic N) is 1. The molecule has 2 rings (SSSR count). The number of esters is 2. The van der Waals surface area contributed by atoms with Crippen molar-refractivity contribution in [2.24, 2.45) is 5.92 Å². The van der Waals surface area contributed by atoms with Crippen molar-refractivity contribution in [2.45, 2.75) is 58.3 Å². The summed E-state index contributed by atoms with van der Waals surface area (Å²) >= 11 is 0. The van der Waals surface area contributed by atoms with Crippen LogP contribution in [0.5, 0.6) is 0 Å². The number of benzene rings is 1. The van der Waals surface area contributed by atoms with Crippen LogP contribution in [0.4, 0.5) is 10.5 Å². The first-order valence-electron chi connectivity index (χ1n) is 9.61. The predicted octanol–water partition coefficient (Wildman–Crippen LogP) is 2.99. The molecule has 0 spiro atoms. The molecule has 0 saturated heterocycles. The van der Waals surface area contributed by atoms with E-state index in [0.717, 1.165) is 0 Å². The maximum absolute atomic E-state index is 12.5. The van der Waals surface area contributed by atoms with E-state index in [1.165, 1.54) is 24.3 Å². The van der Waals surface area contributed by atoms with E-state index in [2.05, 4.69) is 5.32 Å². The van der Waals surface area contributed by atoms with Crippen molar-refractivity contribution in [3.05, 3.63) is 39.9 Å². The smallest absolute Gasteiger partial charge is 0.408 e. The molecule has 0 bridgehead atoms. The van der Waals surface area contributed by atoms with E-state index in [1.807, 2.05) is 0 Å². The summed E-state index contributed by atoms with van der Waals surface area (Å²) in [5.74, 6) is -1.68. The van der Waals surface area contributed by atoms with Crippen molar-refractivity contribution >= 4 is 23.7 Å². The van der Waals surface area contributed by atoms with Crippen LogP contribution < -0.4 is 5.32 Å². The summed E-state index contributed by atoms with van der Waals surface area (Å²) in [6, 6.07) is 4.33. The van der Waals surface area contributed by atoms with Crippen LogP contribution >= 0.6 is 0 Å². The van der Waals surface area contributed by atoms with E-state index in [-0.39, 0.29) is 30.7 Å². The van der Waals surface area contributed by atoms with Gasteiger partial charge in [0.2, 0.25) is 0 Å². The summed E-state index contributed by atoms with van der Waals surface area (Å²) in [5, 5.41) is 13.4. The molecule has 1 unspecified atom stereocenters. The van der Waals surface area contributed by atoms with Crippen molar-refractivity contribution in [2.75, 3.05) is 6.61 Å². The molecule has 1 saturated carbocycles. The number of non-ortho nitro benzene ring substituents is 1. The first-order chi connectivity index (χ1) is 14.0. The van der Waals surface area contributed by atoms with Gasteiger partial charge in [-0.3, -0.25) is 14.9 Å². The summed E-state index contributed by atoms with van der Waals surface area (Å²) < 4.78 is 15.8. The lowest BCUT2D eigenvalue weighted by Gasteiger charge is -2.24. The number of alkyl carbamates (subject to hydrolysis) is 1. The molecule has 3 atom stereocenters. The van der Waals surface area contributed by atoms with E-state index >= 15 is 0 Å². The van der Waals surface area contributed by atoms with Crippen LogP contribution in [-0.2, 0) is 19.0 Å². The van der Waals surface area contributed by atoms with Crippen LogP contribution in [0.1, 0.15) is 50.9 Å². The van der Waals surface area contributed by atoms with Gasteiger partial charge >= 0.3 is 18.0 Å². The lowest BCUT2D eigenvalue weighted by molar-refractivity contribution is -0.384. The molecular weight excluding hydrogens is 396 g/mol. The number of carbonyl (C=O) groups excluding carboxylic acids is 3. The number of nitro groups is 1. The molecule has 1 aliphatic carbocycles. The van der Waals surface area contributed by atoms with Gasteiger partial charge in [-0.25, -0.2) is 9.59 Å². The molecule has 10 nitrogen and oxygen atoms in total. The van der Waals surface area contributed by atoms with Crippen LogP contribution in [0.15, 0.2) is 24.3 Å². The van der Waals surface area contributed by atoms with Gasteiger partial charge in [0, 0.05) is 12.1 Å². The Morgan fingerprint density at radius 1 is 1.17 bits per heavy atom. The zero-order chi connectivity index (χ0) is 22.5. The molecule has 0 heterocycles. The van der Waals surface area contributed by atoms with Crippen molar-refractivity contribution in [1.29, 1.82) is 0 Å². The minimum absolute atomic E-state index is 0.121. The predicted molar refractivity (Wildman–Crippen MR) is 105 cm³/mol. The zero-order valence-electron chi connectivity index (χ0n) is 17.4. The van der Waals surface area contributed by atoms with Gasteiger partial charge in [-0.2, -0.15) is 0 Å². The maximum atomic E-state index is 12.5. The van der Waals surface area contributed by atoms with Crippen molar-refractivity contribution < 1.29 is 33.5 Å². The lowest BCUT2D eigenvalue weighted by Crippen LogP contribution is -2.44. The fourth-order valence-electron chi connectivity index (χ4n) is 3.12. The highest BCUT2D eigenvalue weighted by atomic mass is 16.6. The highest BCUT2D eigenvalue weighted by molar-refractivity contribution is 5.90. The molecular formula is C20H26N2O8. The lowest BCUT2D eigenvalue weighted by atomic mass is 10.1. The Morgan fingerprint density at radius 2 is 1.80 bits per heavy atom. The molecule has 0 aliphatic heterocycles. The second kappa shape index (κ2) is 9.55. The molecule has 1 fully saturated rings. The third kappa shape index (κ3) is 6.43. The first-order valence-corrected chi connectivity index (χ1v) is 9.61. The quantitative estimate of drug-likeness (QED) is 0.320. The average molecular weight is 422 g/mol. The van der Waals surface area contributed by atoms with E-state index in [1.54, 1.807) is 27.7 Å². The molecule has 10 heteroatoms. The standard InChI is InChI=1S/C20H26N2O8/c1-5-28-17(23)13-10-15(21-19(25)30-20(2,3)4)16(11-13)29-18(24)12-6-8-14(9-7-12)22(26)27/h6-9,13,15-16H,5,10-11H2,1-4H3,(H,21,25)/t13?,15-,16-/m1/s1. The van der Waals surface area contributed by atoms with Crippen LogP contribution in [0.3, 0.4) is 0 Å². The van der Waals surface area contributed by atoms with Gasteiger partial charge in [0.05, 0.1) is 29.1 Å². The minimum Gasteiger partial charge on any atom is -0.466 e. The fraction of sp³-hybridized carbons (Fsp3) is 0.550. The number of ether oxygens (including phenoxy) is 3. The molecule has 1 N–H and O–H groups in total. The van der Waals surface area contributed by atoms with E-state index in [0.29, 0.717) is 0 Å². The Bertz CT molecular complexity index is 800. The van der Waals surface area contributed by atoms with Crippen LogP contribution in [0, 0.1) is 16.0 Å². The zero-order valence-corrected chi connectivity index (χ0v) is 17.4. The third-order valence-corrected chi connectivity index (χ3v) is 4.40. The molecule has 30 heavy (non-hydrogen) atoms. The summed E-state index contributed by atoms with van der Waals surface area (Å²) in [4.78, 5) is 47.0. The summed E-state index contributed by atoms with van der Waals surface area (Å²) in [6.45, 7) is 7.06. The summed E-state index contributed by atoms with van der Waals surface area (Å²) in [7, 11) is 0. The number of nitro benzene ring substituents is 1. The fourth-order valence-corrected chi connectivity index (χ4v) is 3.12. The van der Waals surface area contributed by atoms with Gasteiger partial charge in [0.15, 0.2) is 0 Å². The SMILES string of the molecule is CCOC(=O)C1C[C@@H](NC(=O)OC(C)(C)C)[C@H](OC(=O)c2ccc([N+](=O)[O-])cc2)C1. The molecule has 1 aromatic rings. The second-order valence-corrected chi connectivity index (χ2v) is 7.92. The van der Waals surface area contributed by atoms with Crippen molar-refractivity contribution in [3.63, 3.8) is 0 Å². The van der Waals surface area contributed by atoms with E-state index in [9.17, 15) is 24.5 Å². The Labute approximate surface area is 174 Å². The second-order valence-electron chi connectivity index (χ2n) is 7.92. The Kier molecular flexibility index (Phi) is 7.36. The normalized spacial score (nSPS) is 20.9. The van der Waals surface area contributed by atoms with Crippen molar-refractivity contribution in [3.8, 4) is 0 Å². The van der Waals surface area contributed by atoms with Crippen molar-refractivity contribution in [1.82, 2.24) is 5.32 Å². The molecule has 1 aliphatic rings. The van der Waals surface area contributed by atoms with Gasteiger partial charge in [0.25, 0.3) is 5.69 Å². The van der Waals surface area contributed by atoms with Gasteiger partial charge < -0.3 is 19.5 Å². The maximum Gasteiger partial charge on any atom is 0.408 e. The molecule has 0 aromatic heterocycles. The number of nitrogens with one attached hydrogen (secondary N) is 1. The van der Waals surface area contributed by atoms with Gasteiger partial charge in [-0.15, -0.1) is 0 Å². The third-order valence-electron chi connectivity index (χ3n) is 4.40. The Morgan fingerprint density at radius 3 is 2.33 bits per heavy atom. The minimum atomic E-state index is -0.783. The Balaban J connectivity index is 2.11. The molecule has 1 amide bonds. The van der Waals surface area contributed by atoms with Crippen LogP contribution in [0.25, 0.3) is 0 Å².